The number of fused-ring (bicyclic) bond motifs is 6. The molecule has 1 N–H and O–H groups in total. The van der Waals surface area contributed by atoms with E-state index in [2.05, 4.69) is 180 Å². The van der Waals surface area contributed by atoms with Gasteiger partial charge in [-0.3, -0.25) is 29.1 Å². The number of para-hydroxylation sites is 3. The zero-order valence-electron chi connectivity index (χ0n) is 65.1. The third-order valence-corrected chi connectivity index (χ3v) is 21.2. The summed E-state index contributed by atoms with van der Waals surface area (Å²) in [5, 5.41) is 10.8. The first kappa shape index (κ1) is 84.5. The van der Waals surface area contributed by atoms with E-state index in [0.717, 1.165) is 132 Å². The fourth-order valence-corrected chi connectivity index (χ4v) is 15.6. The third kappa shape index (κ3) is 20.7. The number of benzene rings is 9. The highest BCUT2D eigenvalue weighted by molar-refractivity contribution is 9.69. The number of carbonyl (C=O) groups is 3. The number of aromatic hydroxyl groups is 1. The van der Waals surface area contributed by atoms with E-state index in [1.54, 1.807) is 44.2 Å². The van der Waals surface area contributed by atoms with Gasteiger partial charge in [0.25, 0.3) is 17.7 Å². The van der Waals surface area contributed by atoms with Crippen LogP contribution in [0, 0.1) is 0 Å². The number of methoxy groups -OCH3 is 2. The highest BCUT2D eigenvalue weighted by atomic mass is 79.9. The van der Waals surface area contributed by atoms with Gasteiger partial charge < -0.3 is 58.2 Å². The largest absolute Gasteiger partial charge is 0.504 e. The molecule has 6 aliphatic rings. The van der Waals surface area contributed by atoms with E-state index >= 15 is 0 Å². The number of carbonyl (C=O) groups excluding carboxylic acids is 3. The summed E-state index contributed by atoms with van der Waals surface area (Å²) in [6, 6.07) is 67.8. The van der Waals surface area contributed by atoms with Crippen molar-refractivity contribution < 1.29 is 43.2 Å². The van der Waals surface area contributed by atoms with Crippen LogP contribution in [0.3, 0.4) is 0 Å². The standard InChI is InChI=1S/C30H35N3O3.C29H33N3O3.C28H31N3O3.CH2Cl2.BBr3/c1-4-32(5-2)30(34)23-14-15-25-28(20-23)36-29-26(12-9-13-27(29)35-3)33(25)24-16-18-31(19-17-24)21-22-10-7-6-8-11-22;1-3-31(4-2)29(34)22-13-14-24-27(19-22)35-28-25(11-8-12-26(28)33)32(24)23-15-17-30(18-16-23)20-21-9-6-5-7-10-21;1-29(2)28(32)21-12-13-23-26(18-21)34-27-24(10-7-11-25(27)33-3)31(23)22-14-16-30(17-15-22)19-20-8-5-4-6-9-20;2-1-3;2-1(3)4/h6-15,20,24H,4-5,16-19,21H2,1-3H3;5-14,19,23,33H,3-4,15-18,20H2,1-2H3;4-13,18,22H,14-17,19H2,1-3H3;1H2;. The monoisotopic (exact) mass is 1750 g/mol. The van der Waals surface area contributed by atoms with E-state index in [9.17, 15) is 19.5 Å². The minimum absolute atomic E-state index is 0.00903. The Morgan fingerprint density at radius 2 is 0.705 bits per heavy atom. The topological polar surface area (TPSA) is 147 Å². The first-order valence-corrected chi connectivity index (χ1v) is 42.3. The second kappa shape index (κ2) is 41.0. The molecular weight excluding hydrogens is 1650 g/mol. The summed E-state index contributed by atoms with van der Waals surface area (Å²) < 4.78 is 30.5. The number of phenols is 1. The van der Waals surface area contributed by atoms with Gasteiger partial charge in [-0.1, -0.05) is 109 Å². The average molecular weight is 1750 g/mol. The number of phenolic OH excluding ortho intramolecular Hbond substituents is 1. The fourth-order valence-electron chi connectivity index (χ4n) is 15.6. The number of hydrogen-bond acceptors (Lipinski definition) is 15. The van der Waals surface area contributed by atoms with Gasteiger partial charge in [0, 0.05) is 134 Å². The van der Waals surface area contributed by atoms with E-state index in [4.69, 9.17) is 46.9 Å². The number of ether oxygens (including phenoxy) is 5. The van der Waals surface area contributed by atoms with Crippen molar-refractivity contribution in [2.24, 2.45) is 0 Å². The quantitative estimate of drug-likeness (QED) is 0.0641. The van der Waals surface area contributed by atoms with Crippen LogP contribution < -0.4 is 38.4 Å². The van der Waals surface area contributed by atoms with E-state index in [-0.39, 0.29) is 38.0 Å². The van der Waals surface area contributed by atoms with Gasteiger partial charge in [-0.05, 0) is 174 Å². The Balaban J connectivity index is 0.000000159. The molecule has 112 heavy (non-hydrogen) atoms. The van der Waals surface area contributed by atoms with Crippen molar-refractivity contribution >= 4 is 126 Å². The summed E-state index contributed by atoms with van der Waals surface area (Å²) in [5.41, 5.74) is 11.8. The SMILES string of the molecule is BrB(Br)Br.CCN(CC)C(=O)c1ccc2c(c1)Oc1c(O)cccc1N2C1CCN(Cc2ccccc2)CC1.CCN(CC)C(=O)c1ccc2c(c1)Oc1c(OC)cccc1N2C1CCN(Cc2ccccc2)CC1.COc1cccc2c1Oc1cc(C(=O)N(C)C)ccc1N2C1CCN(Cc2ccccc2)CC1.ClCCl. The Morgan fingerprint density at radius 3 is 1.00 bits per heavy atom. The predicted molar refractivity (Wildman–Crippen MR) is 466 cm³/mol. The molecule has 0 saturated carbocycles. The minimum Gasteiger partial charge on any atom is -0.504 e. The van der Waals surface area contributed by atoms with Gasteiger partial charge in [-0.2, -0.15) is 0 Å². The van der Waals surface area contributed by atoms with Crippen molar-refractivity contribution in [3.05, 3.63) is 234 Å². The van der Waals surface area contributed by atoms with Gasteiger partial charge in [0.1, 0.15) is 0 Å². The molecule has 9 aromatic carbocycles. The molecule has 0 atom stereocenters. The molecule has 6 aliphatic heterocycles. The van der Waals surface area contributed by atoms with Gasteiger partial charge in [-0.15, -0.1) is 70.5 Å². The van der Waals surface area contributed by atoms with Crippen molar-refractivity contribution in [2.75, 3.05) is 114 Å². The number of likely N-dealkylation sites (tertiary alicyclic amines) is 3. The van der Waals surface area contributed by atoms with Crippen molar-refractivity contribution in [3.8, 4) is 51.7 Å². The first-order chi connectivity index (χ1) is 54.4. The molecule has 0 unspecified atom stereocenters. The lowest BCUT2D eigenvalue weighted by molar-refractivity contribution is 0.0765. The number of alkyl halides is 2. The Labute approximate surface area is 696 Å². The summed E-state index contributed by atoms with van der Waals surface area (Å²) in [7, 11) is 6.85. The van der Waals surface area contributed by atoms with Crippen LogP contribution in [-0.4, -0.2) is 173 Å². The maximum absolute atomic E-state index is 13.1. The highest BCUT2D eigenvalue weighted by Crippen LogP contribution is 2.56. The number of nitrogens with zero attached hydrogens (tertiary/aromatic N) is 9. The summed E-state index contributed by atoms with van der Waals surface area (Å²) in [6.45, 7) is 19.7. The van der Waals surface area contributed by atoms with Crippen molar-refractivity contribution in [1.29, 1.82) is 0 Å². The second-order valence-corrected chi connectivity index (χ2v) is 35.4. The molecule has 15 rings (SSSR count). The molecule has 0 bridgehead atoms. The molecule has 0 radical (unpaired) electrons. The van der Waals surface area contributed by atoms with Crippen LogP contribution in [0.2, 0.25) is 0 Å². The van der Waals surface area contributed by atoms with E-state index < -0.39 is 0 Å². The summed E-state index contributed by atoms with van der Waals surface area (Å²) in [4.78, 5) is 58.5. The van der Waals surface area contributed by atoms with Gasteiger partial charge >= 0.3 is 3.18 Å². The third-order valence-electron chi connectivity index (χ3n) is 21.2. The molecule has 3 saturated heterocycles. The van der Waals surface area contributed by atoms with E-state index in [1.165, 1.54) is 16.7 Å². The maximum Gasteiger partial charge on any atom is 0.369 e. The minimum atomic E-state index is -0.0435. The second-order valence-electron chi connectivity index (χ2n) is 28.2. The number of hydrogen-bond donors (Lipinski definition) is 1. The predicted octanol–water partition coefficient (Wildman–Crippen LogP) is 20.8. The van der Waals surface area contributed by atoms with Crippen LogP contribution in [0.1, 0.15) is 114 Å². The number of amides is 3. The van der Waals surface area contributed by atoms with Crippen molar-refractivity contribution in [1.82, 2.24) is 29.4 Å². The molecule has 0 spiro atoms. The number of rotatable bonds is 18. The Morgan fingerprint density at radius 1 is 0.420 bits per heavy atom. The Hall–Kier alpha value is -8.45. The summed E-state index contributed by atoms with van der Waals surface area (Å²) >= 11 is 18.8. The van der Waals surface area contributed by atoms with Gasteiger partial charge in [0.2, 0.25) is 0 Å². The molecule has 24 heteroatoms. The van der Waals surface area contributed by atoms with E-state index in [0.29, 0.717) is 101 Å². The molecule has 3 fully saturated rings. The fraction of sp³-hybridized carbons (Fsp3) is 0.352. The van der Waals surface area contributed by atoms with E-state index in [1.807, 2.05) is 124 Å². The normalized spacial score (nSPS) is 15.1. The molecule has 9 aromatic rings. The van der Waals surface area contributed by atoms with Crippen LogP contribution in [0.15, 0.2) is 200 Å². The average Bonchev–Trinajstić information content (AvgIpc) is 0.765. The van der Waals surface area contributed by atoms with Gasteiger partial charge in [-0.25, -0.2) is 0 Å². The molecule has 590 valence electrons. The molecule has 0 aliphatic carbocycles. The molecule has 0 aromatic heterocycles. The van der Waals surface area contributed by atoms with Gasteiger partial charge in [0.15, 0.2) is 51.7 Å². The summed E-state index contributed by atoms with van der Waals surface area (Å²) in [6.07, 6.45) is 6.18. The summed E-state index contributed by atoms with van der Waals surface area (Å²) in [5.74, 6) is 5.37. The Bertz CT molecular complexity index is 4570. The van der Waals surface area contributed by atoms with Crippen molar-refractivity contribution in [2.45, 2.75) is 104 Å². The lowest BCUT2D eigenvalue weighted by atomic mass is 9.98. The van der Waals surface area contributed by atoms with Crippen LogP contribution in [0.5, 0.6) is 51.7 Å². The Kier molecular flexibility index (Phi) is 30.9. The number of anilines is 6. The molecule has 3 amide bonds. The lowest BCUT2D eigenvalue weighted by Crippen LogP contribution is -2.43. The first-order valence-electron chi connectivity index (χ1n) is 38.5. The smallest absolute Gasteiger partial charge is 0.369 e. The lowest BCUT2D eigenvalue weighted by Gasteiger charge is -2.42. The molecule has 6 heterocycles. The number of halogens is 5. The van der Waals surface area contributed by atoms with Crippen LogP contribution >= 0.6 is 70.5 Å². The van der Waals surface area contributed by atoms with Crippen LogP contribution in [0.25, 0.3) is 0 Å². The zero-order valence-corrected chi connectivity index (χ0v) is 71.4. The molecule has 18 nitrogen and oxygen atoms in total. The molecular formula is C88H101BBr3Cl2N9O9. The maximum atomic E-state index is 13.1. The number of piperidine rings is 3. The van der Waals surface area contributed by atoms with Crippen LogP contribution in [0.4, 0.5) is 34.1 Å². The van der Waals surface area contributed by atoms with Gasteiger partial charge in [0.05, 0.1) is 53.7 Å². The highest BCUT2D eigenvalue weighted by Gasteiger charge is 2.39. The van der Waals surface area contributed by atoms with Crippen molar-refractivity contribution in [3.63, 3.8) is 0 Å². The zero-order chi connectivity index (χ0) is 79.4. The van der Waals surface area contributed by atoms with Crippen LogP contribution in [-0.2, 0) is 19.6 Å².